The lowest BCUT2D eigenvalue weighted by molar-refractivity contribution is 0.0511. The Balaban J connectivity index is 2.67. The summed E-state index contributed by atoms with van der Waals surface area (Å²) < 4.78 is 24.7. The Labute approximate surface area is 168 Å². The van der Waals surface area contributed by atoms with E-state index < -0.39 is 13.9 Å². The number of phenols is 1. The maximum absolute atomic E-state index is 14.5. The van der Waals surface area contributed by atoms with Gasteiger partial charge in [0.15, 0.2) is 6.79 Å². The zero-order valence-electron chi connectivity index (χ0n) is 17.9. The molecule has 0 heterocycles. The molecule has 2 rings (SSSR count). The van der Waals surface area contributed by atoms with Gasteiger partial charge in [-0.25, -0.2) is 4.39 Å². The second-order valence-electron chi connectivity index (χ2n) is 8.16. The standard InChI is InChI=1S/C23H31FO3Si/c1-15(2)28(16(3)4,17(5)6)11-10-18-8-9-21(24)20-12-19(27-14-26-7)13-22(25)23(18)20/h8-9,12-13,15-17,25H,14H2,1-7H3. The highest BCUT2D eigenvalue weighted by molar-refractivity contribution is 6.90. The van der Waals surface area contributed by atoms with Crippen molar-refractivity contribution in [2.24, 2.45) is 0 Å². The lowest BCUT2D eigenvalue weighted by Crippen LogP contribution is -2.43. The Morgan fingerprint density at radius 1 is 1.04 bits per heavy atom. The number of methoxy groups -OCH3 is 1. The van der Waals surface area contributed by atoms with E-state index in [0.717, 1.165) is 0 Å². The average Bonchev–Trinajstić information content (AvgIpc) is 2.61. The fourth-order valence-electron chi connectivity index (χ4n) is 4.33. The van der Waals surface area contributed by atoms with Crippen molar-refractivity contribution < 1.29 is 19.0 Å². The van der Waals surface area contributed by atoms with Crippen molar-refractivity contribution in [1.29, 1.82) is 0 Å². The summed E-state index contributed by atoms with van der Waals surface area (Å²) >= 11 is 0. The highest BCUT2D eigenvalue weighted by Crippen LogP contribution is 2.41. The zero-order valence-corrected chi connectivity index (χ0v) is 18.9. The van der Waals surface area contributed by atoms with Gasteiger partial charge in [0.25, 0.3) is 0 Å². The third kappa shape index (κ3) is 4.18. The van der Waals surface area contributed by atoms with Crippen LogP contribution in [0.15, 0.2) is 24.3 Å². The topological polar surface area (TPSA) is 38.7 Å². The summed E-state index contributed by atoms with van der Waals surface area (Å²) in [6.07, 6.45) is 0. The maximum atomic E-state index is 14.5. The van der Waals surface area contributed by atoms with Crippen molar-refractivity contribution in [3.05, 3.63) is 35.6 Å². The van der Waals surface area contributed by atoms with E-state index in [1.54, 1.807) is 12.1 Å². The Morgan fingerprint density at radius 2 is 1.64 bits per heavy atom. The van der Waals surface area contributed by atoms with Crippen LogP contribution in [0.3, 0.4) is 0 Å². The van der Waals surface area contributed by atoms with E-state index in [2.05, 4.69) is 53.0 Å². The second kappa shape index (κ2) is 8.98. The highest BCUT2D eigenvalue weighted by atomic mass is 28.3. The van der Waals surface area contributed by atoms with Crippen LogP contribution < -0.4 is 4.74 Å². The normalized spacial score (nSPS) is 12.0. The predicted octanol–water partition coefficient (Wildman–Crippen LogP) is 6.24. The number of aromatic hydroxyl groups is 1. The minimum absolute atomic E-state index is 0.0251. The summed E-state index contributed by atoms with van der Waals surface area (Å²) in [5, 5.41) is 11.3. The van der Waals surface area contributed by atoms with Crippen LogP contribution in [0.2, 0.25) is 16.6 Å². The molecule has 5 heteroatoms. The van der Waals surface area contributed by atoms with Crippen LogP contribution in [0.25, 0.3) is 10.8 Å². The minimum atomic E-state index is -1.93. The van der Waals surface area contributed by atoms with Gasteiger partial charge in [-0.2, -0.15) is 0 Å². The van der Waals surface area contributed by atoms with Crippen LogP contribution in [0.5, 0.6) is 11.5 Å². The van der Waals surface area contributed by atoms with Gasteiger partial charge >= 0.3 is 0 Å². The molecule has 0 radical (unpaired) electrons. The first-order chi connectivity index (χ1) is 13.1. The summed E-state index contributed by atoms with van der Waals surface area (Å²) in [5.41, 5.74) is 5.77. The van der Waals surface area contributed by atoms with E-state index in [9.17, 15) is 9.50 Å². The Hall–Kier alpha value is -2.03. The van der Waals surface area contributed by atoms with E-state index in [0.29, 0.717) is 38.7 Å². The predicted molar refractivity (Wildman–Crippen MR) is 116 cm³/mol. The number of ether oxygens (including phenoxy) is 2. The number of fused-ring (bicyclic) bond motifs is 1. The summed E-state index contributed by atoms with van der Waals surface area (Å²) in [6, 6.07) is 6.10. The Morgan fingerprint density at radius 3 is 2.18 bits per heavy atom. The summed E-state index contributed by atoms with van der Waals surface area (Å²) in [4.78, 5) is 0. The Bertz CT molecular complexity index is 872. The first-order valence-corrected chi connectivity index (χ1v) is 12.0. The minimum Gasteiger partial charge on any atom is -0.507 e. The molecule has 152 valence electrons. The van der Waals surface area contributed by atoms with Crippen LogP contribution >= 0.6 is 0 Å². The zero-order chi connectivity index (χ0) is 21.1. The second-order valence-corrected chi connectivity index (χ2v) is 13.7. The molecule has 0 saturated carbocycles. The van der Waals surface area contributed by atoms with Gasteiger partial charge in [-0.05, 0) is 34.8 Å². The average molecular weight is 403 g/mol. The lowest BCUT2D eigenvalue weighted by Gasteiger charge is -2.38. The number of halogens is 1. The molecule has 0 aromatic heterocycles. The molecule has 0 atom stereocenters. The first-order valence-electron chi connectivity index (χ1n) is 9.75. The molecule has 28 heavy (non-hydrogen) atoms. The summed E-state index contributed by atoms with van der Waals surface area (Å²) in [5.74, 6) is 3.21. The van der Waals surface area contributed by atoms with Crippen molar-refractivity contribution in [2.75, 3.05) is 13.9 Å². The smallest absolute Gasteiger partial charge is 0.188 e. The fourth-order valence-corrected chi connectivity index (χ4v) is 9.54. The summed E-state index contributed by atoms with van der Waals surface area (Å²) in [6.45, 7) is 13.5. The van der Waals surface area contributed by atoms with Crippen molar-refractivity contribution in [2.45, 2.75) is 58.2 Å². The molecule has 1 N–H and O–H groups in total. The molecule has 0 unspecified atom stereocenters. The van der Waals surface area contributed by atoms with Crippen molar-refractivity contribution in [3.63, 3.8) is 0 Å². The van der Waals surface area contributed by atoms with Gasteiger partial charge < -0.3 is 14.6 Å². The van der Waals surface area contributed by atoms with Gasteiger partial charge in [-0.1, -0.05) is 47.5 Å². The van der Waals surface area contributed by atoms with E-state index in [-0.39, 0.29) is 12.5 Å². The largest absolute Gasteiger partial charge is 0.507 e. The molecule has 0 aliphatic rings. The lowest BCUT2D eigenvalue weighted by atomic mass is 10.0. The SMILES string of the molecule is COCOc1cc(O)c2c(C#C[Si](C(C)C)(C(C)C)C(C)C)ccc(F)c2c1. The van der Waals surface area contributed by atoms with Crippen molar-refractivity contribution in [1.82, 2.24) is 0 Å². The first kappa shape index (κ1) is 22.3. The van der Waals surface area contributed by atoms with Gasteiger partial charge in [0, 0.05) is 29.5 Å². The third-order valence-corrected chi connectivity index (χ3v) is 11.9. The monoisotopic (exact) mass is 402 g/mol. The highest BCUT2D eigenvalue weighted by Gasteiger charge is 2.41. The van der Waals surface area contributed by atoms with Crippen LogP contribution in [-0.2, 0) is 4.74 Å². The van der Waals surface area contributed by atoms with Crippen LogP contribution in [0.4, 0.5) is 4.39 Å². The van der Waals surface area contributed by atoms with Gasteiger partial charge in [0.2, 0.25) is 0 Å². The molecule has 0 bridgehead atoms. The molecule has 0 spiro atoms. The van der Waals surface area contributed by atoms with Gasteiger partial charge in [-0.15, -0.1) is 5.54 Å². The van der Waals surface area contributed by atoms with Crippen LogP contribution in [0, 0.1) is 17.3 Å². The molecule has 0 aliphatic heterocycles. The fraction of sp³-hybridized carbons (Fsp3) is 0.478. The molecule has 2 aromatic carbocycles. The molecular weight excluding hydrogens is 371 g/mol. The quantitative estimate of drug-likeness (QED) is 0.353. The van der Waals surface area contributed by atoms with Gasteiger partial charge in [0.1, 0.15) is 25.4 Å². The Kier molecular flexibility index (Phi) is 7.14. The van der Waals surface area contributed by atoms with Crippen LogP contribution in [-0.4, -0.2) is 27.1 Å². The number of hydrogen-bond donors (Lipinski definition) is 1. The number of benzene rings is 2. The number of hydrogen-bond acceptors (Lipinski definition) is 3. The van der Waals surface area contributed by atoms with Crippen LogP contribution in [0.1, 0.15) is 47.1 Å². The van der Waals surface area contributed by atoms with E-state index in [1.165, 1.54) is 19.2 Å². The van der Waals surface area contributed by atoms with Crippen molar-refractivity contribution in [3.8, 4) is 23.0 Å². The third-order valence-electron chi connectivity index (χ3n) is 5.64. The van der Waals surface area contributed by atoms with E-state index in [1.807, 2.05) is 0 Å². The molecule has 0 saturated heterocycles. The van der Waals surface area contributed by atoms with E-state index in [4.69, 9.17) is 9.47 Å². The molecule has 0 amide bonds. The molecule has 0 fully saturated rings. The maximum Gasteiger partial charge on any atom is 0.188 e. The van der Waals surface area contributed by atoms with Gasteiger partial charge in [-0.3, -0.25) is 0 Å². The van der Waals surface area contributed by atoms with Crippen molar-refractivity contribution >= 4 is 18.8 Å². The molecular formula is C23H31FO3Si. The molecule has 0 aliphatic carbocycles. The number of phenolic OH excluding ortho intramolecular Hbond substituents is 1. The summed E-state index contributed by atoms with van der Waals surface area (Å²) in [7, 11) is -0.431. The molecule has 3 nitrogen and oxygen atoms in total. The van der Waals surface area contributed by atoms with E-state index >= 15 is 0 Å². The molecule has 2 aromatic rings. The van der Waals surface area contributed by atoms with Gasteiger partial charge in [0.05, 0.1) is 0 Å². The number of rotatable bonds is 6.